The number of aldehydes is 1. The summed E-state index contributed by atoms with van der Waals surface area (Å²) in [6.45, 7) is 9.58. The van der Waals surface area contributed by atoms with Crippen LogP contribution in [0.1, 0.15) is 97.8 Å². The molecule has 0 aromatic heterocycles. The Morgan fingerprint density at radius 1 is 1.03 bits per heavy atom. The zero-order valence-electron chi connectivity index (χ0n) is 20.3. The molecule has 1 aliphatic carbocycles. The van der Waals surface area contributed by atoms with Gasteiger partial charge in [0.2, 0.25) is 0 Å². The van der Waals surface area contributed by atoms with Crippen LogP contribution in [0.25, 0.3) is 0 Å². The number of hydrogen-bond acceptors (Lipinski definition) is 5. The van der Waals surface area contributed by atoms with Crippen molar-refractivity contribution in [3.63, 3.8) is 0 Å². The molecule has 1 aliphatic heterocycles. The number of nitrogens with zero attached hydrogens (tertiary/aromatic N) is 2. The van der Waals surface area contributed by atoms with E-state index in [9.17, 15) is 15.0 Å². The minimum absolute atomic E-state index is 0.177. The summed E-state index contributed by atoms with van der Waals surface area (Å²) >= 11 is 0. The Balaban J connectivity index is 0.000000553. The molecule has 2 atom stereocenters. The lowest BCUT2D eigenvalue weighted by atomic mass is 9.93. The Labute approximate surface area is 186 Å². The van der Waals surface area contributed by atoms with Gasteiger partial charge in [-0.3, -0.25) is 4.90 Å². The summed E-state index contributed by atoms with van der Waals surface area (Å²) in [6.07, 6.45) is 15.2. The number of carbonyl (C=O) groups is 1. The molecule has 1 saturated heterocycles. The number of aliphatic hydroxyl groups is 2. The van der Waals surface area contributed by atoms with E-state index in [-0.39, 0.29) is 24.2 Å². The molecule has 2 unspecified atom stereocenters. The zero-order chi connectivity index (χ0) is 22.4. The SMILES string of the molecule is CC(C)(C)CC=O.CN(CCCCCCN1CCC(O)CC1CO)C1CCCCC1. The summed E-state index contributed by atoms with van der Waals surface area (Å²) in [7, 11) is 2.31. The summed E-state index contributed by atoms with van der Waals surface area (Å²) in [5, 5.41) is 19.1. The maximum absolute atomic E-state index is 9.82. The van der Waals surface area contributed by atoms with Crippen molar-refractivity contribution in [1.29, 1.82) is 0 Å². The van der Waals surface area contributed by atoms with E-state index in [4.69, 9.17) is 0 Å². The molecule has 1 saturated carbocycles. The van der Waals surface area contributed by atoms with Gasteiger partial charge in [-0.05, 0) is 64.1 Å². The van der Waals surface area contributed by atoms with Crippen LogP contribution >= 0.6 is 0 Å². The Morgan fingerprint density at radius 2 is 1.70 bits per heavy atom. The van der Waals surface area contributed by atoms with Crippen molar-refractivity contribution >= 4 is 6.29 Å². The van der Waals surface area contributed by atoms with Gasteiger partial charge in [0.05, 0.1) is 12.7 Å². The zero-order valence-corrected chi connectivity index (χ0v) is 20.3. The predicted octanol–water partition coefficient (Wildman–Crippen LogP) is 4.25. The fraction of sp³-hybridized carbons (Fsp3) is 0.960. The van der Waals surface area contributed by atoms with Crippen LogP contribution in [0.15, 0.2) is 0 Å². The van der Waals surface area contributed by atoms with Gasteiger partial charge in [-0.15, -0.1) is 0 Å². The lowest BCUT2D eigenvalue weighted by Gasteiger charge is -2.36. The highest BCUT2D eigenvalue weighted by molar-refractivity contribution is 5.50. The second kappa shape index (κ2) is 15.3. The minimum Gasteiger partial charge on any atom is -0.395 e. The average molecular weight is 427 g/mol. The van der Waals surface area contributed by atoms with E-state index < -0.39 is 0 Å². The van der Waals surface area contributed by atoms with Crippen molar-refractivity contribution in [2.75, 3.05) is 33.3 Å². The van der Waals surface area contributed by atoms with Crippen molar-refractivity contribution in [2.24, 2.45) is 5.41 Å². The summed E-state index contributed by atoms with van der Waals surface area (Å²) in [5.74, 6) is 0. The summed E-state index contributed by atoms with van der Waals surface area (Å²) in [6, 6.07) is 1.02. The molecule has 2 N–H and O–H groups in total. The normalized spacial score (nSPS) is 23.8. The van der Waals surface area contributed by atoms with Gasteiger partial charge >= 0.3 is 0 Å². The van der Waals surface area contributed by atoms with Gasteiger partial charge in [0.1, 0.15) is 6.29 Å². The van der Waals surface area contributed by atoms with E-state index in [1.807, 2.05) is 20.8 Å². The highest BCUT2D eigenvalue weighted by atomic mass is 16.3. The third-order valence-corrected chi connectivity index (χ3v) is 6.62. The molecule has 2 fully saturated rings. The molecular formula is C25H50N2O3. The first-order valence-corrected chi connectivity index (χ1v) is 12.4. The van der Waals surface area contributed by atoms with E-state index in [0.717, 1.165) is 38.3 Å². The van der Waals surface area contributed by atoms with Crippen molar-refractivity contribution < 1.29 is 15.0 Å². The van der Waals surface area contributed by atoms with Crippen molar-refractivity contribution in [3.05, 3.63) is 0 Å². The number of aliphatic hydroxyl groups excluding tert-OH is 2. The Kier molecular flexibility index (Phi) is 14.1. The maximum Gasteiger partial charge on any atom is 0.120 e. The van der Waals surface area contributed by atoms with E-state index in [1.54, 1.807) is 0 Å². The fourth-order valence-corrected chi connectivity index (χ4v) is 4.55. The molecular weight excluding hydrogens is 376 g/mol. The quantitative estimate of drug-likeness (QED) is 0.404. The number of piperidine rings is 1. The maximum atomic E-state index is 9.82. The van der Waals surface area contributed by atoms with E-state index in [2.05, 4.69) is 16.8 Å². The monoisotopic (exact) mass is 426 g/mol. The van der Waals surface area contributed by atoms with E-state index in [0.29, 0.717) is 6.42 Å². The first-order valence-electron chi connectivity index (χ1n) is 12.4. The molecule has 0 aromatic carbocycles. The number of hydrogen-bond donors (Lipinski definition) is 2. The number of likely N-dealkylation sites (tertiary alicyclic amines) is 1. The molecule has 30 heavy (non-hydrogen) atoms. The van der Waals surface area contributed by atoms with Crippen LogP contribution < -0.4 is 0 Å². The summed E-state index contributed by atoms with van der Waals surface area (Å²) in [4.78, 5) is 14.8. The lowest BCUT2D eigenvalue weighted by molar-refractivity contribution is -0.109. The van der Waals surface area contributed by atoms with Crippen LogP contribution in [-0.2, 0) is 4.79 Å². The Hall–Kier alpha value is -0.490. The molecule has 0 radical (unpaired) electrons. The van der Waals surface area contributed by atoms with Crippen LogP contribution in [0.3, 0.4) is 0 Å². The highest BCUT2D eigenvalue weighted by Crippen LogP contribution is 2.22. The second-order valence-electron chi connectivity index (χ2n) is 10.7. The van der Waals surface area contributed by atoms with Crippen molar-refractivity contribution in [1.82, 2.24) is 9.80 Å². The molecule has 0 bridgehead atoms. The van der Waals surface area contributed by atoms with Crippen molar-refractivity contribution in [2.45, 2.75) is 116 Å². The number of carbonyl (C=O) groups excluding carboxylic acids is 1. The van der Waals surface area contributed by atoms with Gasteiger partial charge in [-0.25, -0.2) is 0 Å². The Morgan fingerprint density at radius 3 is 2.27 bits per heavy atom. The molecule has 0 spiro atoms. The largest absolute Gasteiger partial charge is 0.395 e. The highest BCUT2D eigenvalue weighted by Gasteiger charge is 2.26. The van der Waals surface area contributed by atoms with Gasteiger partial charge in [0, 0.05) is 25.0 Å². The van der Waals surface area contributed by atoms with Gasteiger partial charge in [0.25, 0.3) is 0 Å². The molecule has 2 aliphatic rings. The number of rotatable bonds is 10. The van der Waals surface area contributed by atoms with E-state index in [1.165, 1.54) is 64.3 Å². The first-order chi connectivity index (χ1) is 14.3. The third-order valence-electron chi connectivity index (χ3n) is 6.62. The second-order valence-corrected chi connectivity index (χ2v) is 10.7. The summed E-state index contributed by atoms with van der Waals surface area (Å²) < 4.78 is 0. The molecule has 5 nitrogen and oxygen atoms in total. The number of unbranched alkanes of at least 4 members (excludes halogenated alkanes) is 3. The van der Waals surface area contributed by atoms with Gasteiger partial charge in [0.15, 0.2) is 0 Å². The van der Waals surface area contributed by atoms with Gasteiger partial charge < -0.3 is 19.9 Å². The molecule has 0 aromatic rings. The van der Waals surface area contributed by atoms with Crippen LogP contribution in [-0.4, -0.2) is 77.8 Å². The fourth-order valence-electron chi connectivity index (χ4n) is 4.55. The predicted molar refractivity (Wildman–Crippen MR) is 126 cm³/mol. The molecule has 2 rings (SSSR count). The van der Waals surface area contributed by atoms with Gasteiger partial charge in [-0.2, -0.15) is 0 Å². The third kappa shape index (κ3) is 12.4. The molecule has 0 amide bonds. The smallest absolute Gasteiger partial charge is 0.120 e. The van der Waals surface area contributed by atoms with Gasteiger partial charge in [-0.1, -0.05) is 52.9 Å². The van der Waals surface area contributed by atoms with Crippen LogP contribution in [0.2, 0.25) is 0 Å². The van der Waals surface area contributed by atoms with Crippen LogP contribution in [0, 0.1) is 5.41 Å². The molecule has 1 heterocycles. The average Bonchev–Trinajstić information content (AvgIpc) is 2.71. The van der Waals surface area contributed by atoms with Crippen LogP contribution in [0.4, 0.5) is 0 Å². The molecule has 5 heteroatoms. The van der Waals surface area contributed by atoms with Crippen LogP contribution in [0.5, 0.6) is 0 Å². The molecule has 178 valence electrons. The van der Waals surface area contributed by atoms with E-state index >= 15 is 0 Å². The minimum atomic E-state index is -0.210. The van der Waals surface area contributed by atoms with Crippen molar-refractivity contribution in [3.8, 4) is 0 Å². The lowest BCUT2D eigenvalue weighted by Crippen LogP contribution is -2.46. The standard InChI is InChI=1S/C19H38N2O2.C6H12O/c1-20(17-9-5-4-6-10-17)12-7-2-3-8-13-21-14-11-19(23)15-18(21)16-22;1-6(2,3)4-5-7/h17-19,22-23H,2-16H2,1H3;5H,4H2,1-3H3. The summed E-state index contributed by atoms with van der Waals surface area (Å²) in [5.41, 5.74) is 0.182. The first kappa shape index (κ1) is 27.5. The Bertz CT molecular complexity index is 433. The topological polar surface area (TPSA) is 64.0 Å².